The molecule has 0 atom stereocenters. The molecular formula is C13H15N3. The zero-order valence-electron chi connectivity index (χ0n) is 9.53. The van der Waals surface area contributed by atoms with Crippen LogP contribution in [-0.2, 0) is 13.0 Å². The third-order valence-corrected chi connectivity index (χ3v) is 3.71. The Labute approximate surface area is 94.7 Å². The van der Waals surface area contributed by atoms with Crippen molar-refractivity contribution in [3.63, 3.8) is 0 Å². The molecule has 0 N–H and O–H groups in total. The molecule has 2 aliphatic rings. The van der Waals surface area contributed by atoms with Crippen LogP contribution in [-0.4, -0.2) is 22.6 Å². The van der Waals surface area contributed by atoms with Gasteiger partial charge in [-0.3, -0.25) is 0 Å². The number of hydrogen-bond acceptors (Lipinski definition) is 2. The molecule has 2 aliphatic heterocycles. The molecule has 0 bridgehead atoms. The summed E-state index contributed by atoms with van der Waals surface area (Å²) < 4.78 is 2.38. The maximum Gasteiger partial charge on any atom is 0.109 e. The Balaban J connectivity index is 1.99. The first-order chi connectivity index (χ1) is 7.83. The lowest BCUT2D eigenvalue weighted by atomic mass is 10.1. The Hall–Kier alpha value is -1.51. The number of benzene rings is 1. The zero-order chi connectivity index (χ0) is 10.7. The molecule has 1 saturated heterocycles. The van der Waals surface area contributed by atoms with E-state index in [2.05, 4.69) is 28.5 Å². The van der Waals surface area contributed by atoms with Crippen LogP contribution < -0.4 is 4.90 Å². The highest BCUT2D eigenvalue weighted by atomic mass is 15.3. The molecule has 1 fully saturated rings. The maximum absolute atomic E-state index is 4.74. The smallest absolute Gasteiger partial charge is 0.109 e. The standard InChI is InChI=1S/C13H15N3/c1-9-7-12-10(8-11(9)15-5-6-15)14-13-3-2-4-16(12)13/h7-8H,2-6H2,1H3. The first kappa shape index (κ1) is 8.62. The Morgan fingerprint density at radius 2 is 2.06 bits per heavy atom. The van der Waals surface area contributed by atoms with Crippen molar-refractivity contribution in [2.75, 3.05) is 18.0 Å². The monoisotopic (exact) mass is 213 g/mol. The summed E-state index contributed by atoms with van der Waals surface area (Å²) in [5, 5.41) is 0. The molecule has 3 heteroatoms. The average molecular weight is 213 g/mol. The number of aromatic nitrogens is 2. The normalized spacial score (nSPS) is 18.2. The lowest BCUT2D eigenvalue weighted by Gasteiger charge is -2.07. The minimum absolute atomic E-state index is 1.15. The van der Waals surface area contributed by atoms with Crippen LogP contribution in [0.4, 0.5) is 5.69 Å². The highest BCUT2D eigenvalue weighted by molar-refractivity contribution is 5.83. The molecule has 16 heavy (non-hydrogen) atoms. The molecule has 0 unspecified atom stereocenters. The molecule has 82 valence electrons. The second kappa shape index (κ2) is 2.78. The first-order valence-electron chi connectivity index (χ1n) is 6.07. The fourth-order valence-corrected chi connectivity index (χ4v) is 2.78. The van der Waals surface area contributed by atoms with E-state index in [0.717, 1.165) is 13.0 Å². The number of aryl methyl sites for hydroxylation is 3. The van der Waals surface area contributed by atoms with Crippen LogP contribution in [0.15, 0.2) is 12.1 Å². The van der Waals surface area contributed by atoms with Gasteiger partial charge >= 0.3 is 0 Å². The van der Waals surface area contributed by atoms with Gasteiger partial charge in [0, 0.05) is 31.7 Å². The van der Waals surface area contributed by atoms with Gasteiger partial charge in [-0.05, 0) is 31.0 Å². The lowest BCUT2D eigenvalue weighted by molar-refractivity contribution is 0.771. The number of anilines is 1. The summed E-state index contributed by atoms with van der Waals surface area (Å²) in [5.41, 5.74) is 5.28. The summed E-state index contributed by atoms with van der Waals surface area (Å²) in [6, 6.07) is 4.58. The first-order valence-corrected chi connectivity index (χ1v) is 6.07. The molecule has 0 spiro atoms. The van der Waals surface area contributed by atoms with Crippen LogP contribution in [0.3, 0.4) is 0 Å². The van der Waals surface area contributed by atoms with E-state index in [0.29, 0.717) is 0 Å². The van der Waals surface area contributed by atoms with E-state index in [4.69, 9.17) is 4.98 Å². The molecule has 1 aromatic carbocycles. The molecule has 0 aliphatic carbocycles. The molecule has 3 heterocycles. The third-order valence-electron chi connectivity index (χ3n) is 3.71. The van der Waals surface area contributed by atoms with E-state index >= 15 is 0 Å². The second-order valence-corrected chi connectivity index (χ2v) is 4.90. The van der Waals surface area contributed by atoms with E-state index in [1.807, 2.05) is 0 Å². The lowest BCUT2D eigenvalue weighted by Crippen LogP contribution is -1.96. The van der Waals surface area contributed by atoms with Gasteiger partial charge in [-0.25, -0.2) is 4.98 Å². The van der Waals surface area contributed by atoms with E-state index in [-0.39, 0.29) is 0 Å². The number of nitrogens with zero attached hydrogens (tertiary/aromatic N) is 3. The fourth-order valence-electron chi connectivity index (χ4n) is 2.78. The van der Waals surface area contributed by atoms with Gasteiger partial charge < -0.3 is 9.47 Å². The Morgan fingerprint density at radius 3 is 2.88 bits per heavy atom. The zero-order valence-corrected chi connectivity index (χ0v) is 9.53. The van der Waals surface area contributed by atoms with Crippen LogP contribution in [0.1, 0.15) is 17.8 Å². The van der Waals surface area contributed by atoms with Crippen molar-refractivity contribution in [3.05, 3.63) is 23.5 Å². The van der Waals surface area contributed by atoms with Crippen molar-refractivity contribution in [1.29, 1.82) is 0 Å². The summed E-state index contributed by atoms with van der Waals surface area (Å²) in [4.78, 5) is 7.14. The Morgan fingerprint density at radius 1 is 1.19 bits per heavy atom. The minimum Gasteiger partial charge on any atom is -0.368 e. The Kier molecular flexibility index (Phi) is 1.50. The van der Waals surface area contributed by atoms with Crippen molar-refractivity contribution in [3.8, 4) is 0 Å². The Bertz CT molecular complexity index is 578. The number of imidazole rings is 1. The van der Waals surface area contributed by atoms with E-state index in [1.54, 1.807) is 0 Å². The van der Waals surface area contributed by atoms with Crippen LogP contribution in [0.2, 0.25) is 0 Å². The highest BCUT2D eigenvalue weighted by Crippen LogP contribution is 2.31. The quantitative estimate of drug-likeness (QED) is 0.676. The van der Waals surface area contributed by atoms with Crippen molar-refractivity contribution in [2.24, 2.45) is 0 Å². The topological polar surface area (TPSA) is 20.8 Å². The highest BCUT2D eigenvalue weighted by Gasteiger charge is 2.22. The molecular weight excluding hydrogens is 198 g/mol. The molecule has 0 amide bonds. The number of fused-ring (bicyclic) bond motifs is 3. The van der Waals surface area contributed by atoms with Crippen molar-refractivity contribution in [2.45, 2.75) is 26.3 Å². The average Bonchev–Trinajstić information content (AvgIpc) is 2.91. The molecule has 2 aromatic rings. The van der Waals surface area contributed by atoms with Gasteiger partial charge in [0.1, 0.15) is 5.82 Å². The van der Waals surface area contributed by atoms with Crippen molar-refractivity contribution in [1.82, 2.24) is 9.55 Å². The molecule has 0 saturated carbocycles. The van der Waals surface area contributed by atoms with Gasteiger partial charge in [-0.2, -0.15) is 0 Å². The van der Waals surface area contributed by atoms with E-state index in [1.165, 1.54) is 47.6 Å². The van der Waals surface area contributed by atoms with Crippen LogP contribution in [0.5, 0.6) is 0 Å². The van der Waals surface area contributed by atoms with Gasteiger partial charge in [-0.15, -0.1) is 0 Å². The SMILES string of the molecule is Cc1cc2c(cc1N1CC1)nc1n2CCC1. The fraction of sp³-hybridized carbons (Fsp3) is 0.462. The molecule has 4 rings (SSSR count). The van der Waals surface area contributed by atoms with Crippen LogP contribution in [0, 0.1) is 6.92 Å². The van der Waals surface area contributed by atoms with E-state index in [9.17, 15) is 0 Å². The third kappa shape index (κ3) is 1.06. The largest absolute Gasteiger partial charge is 0.368 e. The molecule has 0 radical (unpaired) electrons. The predicted molar refractivity (Wildman–Crippen MR) is 65.0 cm³/mol. The van der Waals surface area contributed by atoms with Gasteiger partial charge in [0.2, 0.25) is 0 Å². The predicted octanol–water partition coefficient (Wildman–Crippen LogP) is 2.11. The van der Waals surface area contributed by atoms with Crippen molar-refractivity contribution >= 4 is 16.7 Å². The summed E-state index contributed by atoms with van der Waals surface area (Å²) in [7, 11) is 0. The van der Waals surface area contributed by atoms with E-state index < -0.39 is 0 Å². The summed E-state index contributed by atoms with van der Waals surface area (Å²) >= 11 is 0. The molecule has 1 aromatic heterocycles. The maximum atomic E-state index is 4.74. The van der Waals surface area contributed by atoms with Gasteiger partial charge in [-0.1, -0.05) is 0 Å². The summed E-state index contributed by atoms with van der Waals surface area (Å²) in [6.07, 6.45) is 2.40. The van der Waals surface area contributed by atoms with Crippen LogP contribution in [0.25, 0.3) is 11.0 Å². The summed E-state index contributed by atoms with van der Waals surface area (Å²) in [5.74, 6) is 1.28. The molecule has 3 nitrogen and oxygen atoms in total. The second-order valence-electron chi connectivity index (χ2n) is 4.90. The number of hydrogen-bond donors (Lipinski definition) is 0. The van der Waals surface area contributed by atoms with Gasteiger partial charge in [0.25, 0.3) is 0 Å². The van der Waals surface area contributed by atoms with Gasteiger partial charge in [0.15, 0.2) is 0 Å². The van der Waals surface area contributed by atoms with Crippen LogP contribution >= 0.6 is 0 Å². The number of rotatable bonds is 1. The minimum atomic E-state index is 1.15. The summed E-state index contributed by atoms with van der Waals surface area (Å²) in [6.45, 7) is 5.77. The van der Waals surface area contributed by atoms with Gasteiger partial charge in [0.05, 0.1) is 11.0 Å². The van der Waals surface area contributed by atoms with Crippen molar-refractivity contribution < 1.29 is 0 Å².